The third kappa shape index (κ3) is 4.68. The summed E-state index contributed by atoms with van der Waals surface area (Å²) in [4.78, 5) is 5.31. The van der Waals surface area contributed by atoms with Gasteiger partial charge >= 0.3 is 0 Å². The summed E-state index contributed by atoms with van der Waals surface area (Å²) in [5, 5.41) is 15.6. The Hall–Kier alpha value is -5.37. The molecule has 0 fully saturated rings. The minimum absolute atomic E-state index is 0.129. The zero-order chi connectivity index (χ0) is 33.5. The molecule has 2 N–H and O–H groups in total. The Labute approximate surface area is 306 Å². The molecule has 2 unspecified atom stereocenters. The van der Waals surface area contributed by atoms with Crippen LogP contribution in [0.25, 0.3) is 71.6 Å². The number of fused-ring (bicyclic) bond motifs is 9. The van der Waals surface area contributed by atoms with Crippen molar-refractivity contribution in [2.24, 2.45) is 4.99 Å². The van der Waals surface area contributed by atoms with Gasteiger partial charge in [-0.15, -0.1) is 34.0 Å². The van der Waals surface area contributed by atoms with Crippen molar-refractivity contribution >= 4 is 100 Å². The second kappa shape index (κ2) is 11.6. The van der Waals surface area contributed by atoms with Gasteiger partial charge in [0.05, 0.1) is 0 Å². The summed E-state index contributed by atoms with van der Waals surface area (Å²) in [5.74, 6) is 0.899. The van der Waals surface area contributed by atoms with Crippen LogP contribution in [-0.4, -0.2) is 5.84 Å². The van der Waals surface area contributed by atoms with Gasteiger partial charge in [0.25, 0.3) is 0 Å². The maximum Gasteiger partial charge on any atom is 0.131 e. The van der Waals surface area contributed by atoms with Gasteiger partial charge in [-0.3, -0.25) is 5.32 Å². The molecule has 0 radical (unpaired) electrons. The Morgan fingerprint density at radius 2 is 1.12 bits per heavy atom. The fraction of sp³-hybridized carbons (Fsp3) is 0.0444. The number of nitrogens with zero attached hydrogens (tertiary/aromatic N) is 1. The summed E-state index contributed by atoms with van der Waals surface area (Å²) < 4.78 is 7.87. The zero-order valence-corrected chi connectivity index (χ0v) is 29.7. The molecule has 0 saturated heterocycles. The molecule has 6 heteroatoms. The smallest absolute Gasteiger partial charge is 0.131 e. The van der Waals surface area contributed by atoms with Gasteiger partial charge < -0.3 is 5.32 Å². The Kier molecular flexibility index (Phi) is 6.67. The van der Waals surface area contributed by atoms with E-state index in [0.29, 0.717) is 0 Å². The molecule has 1 aliphatic heterocycles. The number of aliphatic imine (C=N–C) groups is 1. The first kappa shape index (κ1) is 29.4. The van der Waals surface area contributed by atoms with E-state index < -0.39 is 0 Å². The van der Waals surface area contributed by atoms with Gasteiger partial charge in [-0.05, 0) is 47.0 Å². The predicted octanol–water partition coefficient (Wildman–Crippen LogP) is 12.8. The summed E-state index contributed by atoms with van der Waals surface area (Å²) in [6.45, 7) is 0. The minimum atomic E-state index is -0.229. The monoisotopic (exact) mass is 707 g/mol. The van der Waals surface area contributed by atoms with Crippen molar-refractivity contribution in [1.82, 2.24) is 10.6 Å². The maximum absolute atomic E-state index is 5.31. The Balaban J connectivity index is 1.05. The van der Waals surface area contributed by atoms with E-state index in [1.54, 1.807) is 0 Å². The predicted molar refractivity (Wildman–Crippen MR) is 222 cm³/mol. The third-order valence-corrected chi connectivity index (χ3v) is 13.7. The van der Waals surface area contributed by atoms with Gasteiger partial charge in [0, 0.05) is 71.6 Å². The van der Waals surface area contributed by atoms with E-state index in [4.69, 9.17) is 4.99 Å². The molecule has 0 saturated carbocycles. The van der Waals surface area contributed by atoms with Crippen LogP contribution >= 0.6 is 34.0 Å². The molecule has 1 aliphatic rings. The Morgan fingerprint density at radius 1 is 0.471 bits per heavy atom. The molecule has 3 aromatic heterocycles. The van der Waals surface area contributed by atoms with Crippen molar-refractivity contribution in [3.63, 3.8) is 0 Å². The highest BCUT2D eigenvalue weighted by molar-refractivity contribution is 7.27. The van der Waals surface area contributed by atoms with Crippen LogP contribution in [-0.2, 0) is 0 Å². The van der Waals surface area contributed by atoms with Gasteiger partial charge in [-0.1, -0.05) is 121 Å². The lowest BCUT2D eigenvalue weighted by Gasteiger charge is -2.32. The van der Waals surface area contributed by atoms with Gasteiger partial charge in [0.1, 0.15) is 18.2 Å². The molecule has 242 valence electrons. The van der Waals surface area contributed by atoms with Crippen LogP contribution in [0.2, 0.25) is 0 Å². The molecule has 0 spiro atoms. The highest BCUT2D eigenvalue weighted by Crippen LogP contribution is 2.46. The zero-order valence-electron chi connectivity index (χ0n) is 27.3. The van der Waals surface area contributed by atoms with Crippen LogP contribution in [0.1, 0.15) is 29.0 Å². The molecule has 10 aromatic rings. The molecule has 0 aliphatic carbocycles. The molecular formula is C45H29N3S3. The molecule has 11 rings (SSSR count). The molecule has 51 heavy (non-hydrogen) atoms. The fourth-order valence-corrected chi connectivity index (χ4v) is 11.4. The van der Waals surface area contributed by atoms with E-state index >= 15 is 0 Å². The average Bonchev–Trinajstić information content (AvgIpc) is 3.89. The fourth-order valence-electron chi connectivity index (χ4n) is 7.87. The quantitative estimate of drug-likeness (QED) is 0.191. The SMILES string of the molecule is c1ccc(C2=NC(c3ccc4c(c3)sc3cccc(-c5cccc6c5sc5ccccc56)c34)NC(c3cccc4sc5ccccc5c34)N2)cc1. The molecule has 0 bridgehead atoms. The third-order valence-electron chi connectivity index (χ3n) is 10.2. The number of hydrogen-bond acceptors (Lipinski definition) is 6. The lowest BCUT2D eigenvalue weighted by Crippen LogP contribution is -2.45. The van der Waals surface area contributed by atoms with Crippen LogP contribution in [0.3, 0.4) is 0 Å². The number of benzene rings is 7. The normalized spacial score (nSPS) is 16.4. The average molecular weight is 708 g/mol. The first-order valence-corrected chi connectivity index (χ1v) is 19.6. The summed E-state index contributed by atoms with van der Waals surface area (Å²) in [7, 11) is 0. The van der Waals surface area contributed by atoms with Crippen molar-refractivity contribution in [2.75, 3.05) is 0 Å². The standard InChI is InChI=1S/C45H29N3S3/c1-2-11-26(12-3-1)43-46-44(48-45(47-43)34-18-10-22-38-41(34)32-14-5-7-20-36(32)49-38)27-23-24-33-39(25-27)50-37-21-9-15-29(40(33)37)31-17-8-16-30-28-13-4-6-19-35(28)51-42(30)31/h1-25,44-45,48H,(H,46,47). The molecular weight excluding hydrogens is 679 g/mol. The number of thiophene rings is 3. The highest BCUT2D eigenvalue weighted by Gasteiger charge is 2.28. The first-order valence-electron chi connectivity index (χ1n) is 17.2. The summed E-state index contributed by atoms with van der Waals surface area (Å²) in [6.07, 6.45) is -0.357. The van der Waals surface area contributed by atoms with Gasteiger partial charge in [0.2, 0.25) is 0 Å². The largest absolute Gasteiger partial charge is 0.350 e. The van der Waals surface area contributed by atoms with Crippen molar-refractivity contribution in [1.29, 1.82) is 0 Å². The lowest BCUT2D eigenvalue weighted by molar-refractivity contribution is 0.411. The van der Waals surface area contributed by atoms with Crippen molar-refractivity contribution in [2.45, 2.75) is 12.3 Å². The molecule has 4 heterocycles. The highest BCUT2D eigenvalue weighted by atomic mass is 32.1. The van der Waals surface area contributed by atoms with Gasteiger partial charge in [-0.25, -0.2) is 4.99 Å². The van der Waals surface area contributed by atoms with E-state index in [9.17, 15) is 0 Å². The second-order valence-corrected chi connectivity index (χ2v) is 16.3. The van der Waals surface area contributed by atoms with Gasteiger partial charge in [-0.2, -0.15) is 0 Å². The van der Waals surface area contributed by atoms with E-state index in [2.05, 4.69) is 162 Å². The molecule has 0 amide bonds. The van der Waals surface area contributed by atoms with Crippen LogP contribution in [0.4, 0.5) is 0 Å². The molecule has 2 atom stereocenters. The Morgan fingerprint density at radius 3 is 2.00 bits per heavy atom. The molecule has 3 nitrogen and oxygen atoms in total. The summed E-state index contributed by atoms with van der Waals surface area (Å²) in [6, 6.07) is 55.2. The minimum Gasteiger partial charge on any atom is -0.350 e. The molecule has 7 aromatic carbocycles. The second-order valence-electron chi connectivity index (χ2n) is 13.1. The lowest BCUT2D eigenvalue weighted by atomic mass is 9.97. The van der Waals surface area contributed by atoms with Gasteiger partial charge in [0.15, 0.2) is 0 Å². The van der Waals surface area contributed by atoms with E-state index in [0.717, 1.165) is 17.0 Å². The summed E-state index contributed by atoms with van der Waals surface area (Å²) in [5.41, 5.74) is 6.08. The van der Waals surface area contributed by atoms with Crippen molar-refractivity contribution in [3.05, 3.63) is 168 Å². The van der Waals surface area contributed by atoms with Crippen LogP contribution in [0.5, 0.6) is 0 Å². The van der Waals surface area contributed by atoms with Crippen molar-refractivity contribution in [3.8, 4) is 11.1 Å². The Bertz CT molecular complexity index is 3000. The number of rotatable bonds is 4. The topological polar surface area (TPSA) is 36.4 Å². The number of nitrogens with one attached hydrogen (secondary N) is 2. The van der Waals surface area contributed by atoms with Crippen molar-refractivity contribution < 1.29 is 0 Å². The summed E-state index contributed by atoms with van der Waals surface area (Å²) >= 11 is 5.62. The van der Waals surface area contributed by atoms with Crippen LogP contribution in [0, 0.1) is 0 Å². The first-order chi connectivity index (χ1) is 25.3. The van der Waals surface area contributed by atoms with Crippen LogP contribution < -0.4 is 10.6 Å². The number of amidine groups is 1. The maximum atomic E-state index is 5.31. The van der Waals surface area contributed by atoms with E-state index in [1.807, 2.05) is 34.0 Å². The number of hydrogen-bond donors (Lipinski definition) is 2. The van der Waals surface area contributed by atoms with E-state index in [-0.39, 0.29) is 12.3 Å². The van der Waals surface area contributed by atoms with E-state index in [1.165, 1.54) is 77.2 Å². The van der Waals surface area contributed by atoms with Crippen LogP contribution in [0.15, 0.2) is 157 Å².